The van der Waals surface area contributed by atoms with E-state index in [1.165, 1.54) is 0 Å². The predicted molar refractivity (Wildman–Crippen MR) is 37.9 cm³/mol. The summed E-state index contributed by atoms with van der Waals surface area (Å²) >= 11 is 0. The smallest absolute Gasteiger partial charge is 0.420 e. The van der Waals surface area contributed by atoms with Crippen LogP contribution in [0.4, 0.5) is 13.2 Å². The molecule has 3 nitrogen and oxygen atoms in total. The highest BCUT2D eigenvalue weighted by Gasteiger charge is 2.37. The fraction of sp³-hybridized carbons (Fsp3) is 0.286. The van der Waals surface area contributed by atoms with Gasteiger partial charge in [0.1, 0.15) is 11.8 Å². The van der Waals surface area contributed by atoms with Gasteiger partial charge in [-0.3, -0.25) is 0 Å². The van der Waals surface area contributed by atoms with E-state index >= 15 is 0 Å². The fourth-order valence-electron chi connectivity index (χ4n) is 0.919. The second kappa shape index (κ2) is 2.79. The van der Waals surface area contributed by atoms with Gasteiger partial charge in [-0.25, -0.2) is 0 Å². The molecule has 0 aliphatic heterocycles. The fourth-order valence-corrected chi connectivity index (χ4v) is 0.919. The maximum Gasteiger partial charge on any atom is 0.420 e. The lowest BCUT2D eigenvalue weighted by molar-refractivity contribution is -0.138. The van der Waals surface area contributed by atoms with Gasteiger partial charge in [0.15, 0.2) is 0 Å². The van der Waals surface area contributed by atoms with E-state index in [4.69, 9.17) is 10.5 Å². The molecule has 0 saturated heterocycles. The minimum atomic E-state index is -4.61. The quantitative estimate of drug-likeness (QED) is 0.672. The summed E-state index contributed by atoms with van der Waals surface area (Å²) in [5.41, 5.74) is -2.12. The van der Waals surface area contributed by atoms with Gasteiger partial charge in [0, 0.05) is 5.71 Å². The van der Waals surface area contributed by atoms with Crippen LogP contribution < -0.4 is 0 Å². The zero-order valence-electron chi connectivity index (χ0n) is 6.57. The van der Waals surface area contributed by atoms with E-state index in [9.17, 15) is 13.2 Å². The maximum atomic E-state index is 12.2. The van der Waals surface area contributed by atoms with Crippen LogP contribution in [0.5, 0.6) is 5.95 Å². The standard InChI is InChI=1S/C7H6F3NO2/c1-3(11)5-4(7(8,9)10)2-13-6(5)12/h2,11-12H,1H3. The van der Waals surface area contributed by atoms with Crippen LogP contribution in [0.3, 0.4) is 0 Å². The van der Waals surface area contributed by atoms with Crippen molar-refractivity contribution >= 4 is 5.71 Å². The summed E-state index contributed by atoms with van der Waals surface area (Å²) in [5.74, 6) is -0.875. The van der Waals surface area contributed by atoms with Crippen LogP contribution in [0.15, 0.2) is 10.7 Å². The van der Waals surface area contributed by atoms with Crippen molar-refractivity contribution in [2.24, 2.45) is 0 Å². The molecular formula is C7H6F3NO2. The Hall–Kier alpha value is -1.46. The van der Waals surface area contributed by atoms with Crippen molar-refractivity contribution in [3.05, 3.63) is 17.4 Å². The molecule has 1 aromatic heterocycles. The van der Waals surface area contributed by atoms with Crippen molar-refractivity contribution < 1.29 is 22.7 Å². The summed E-state index contributed by atoms with van der Waals surface area (Å²) in [6.07, 6.45) is -4.22. The van der Waals surface area contributed by atoms with Crippen molar-refractivity contribution in [3.63, 3.8) is 0 Å². The molecule has 1 aromatic rings. The average molecular weight is 193 g/mol. The number of furan rings is 1. The van der Waals surface area contributed by atoms with Gasteiger partial charge >= 0.3 is 6.18 Å². The summed E-state index contributed by atoms with van der Waals surface area (Å²) in [7, 11) is 0. The topological polar surface area (TPSA) is 57.2 Å². The van der Waals surface area contributed by atoms with Gasteiger partial charge in [0.05, 0.1) is 5.56 Å². The van der Waals surface area contributed by atoms with Gasteiger partial charge in [-0.15, -0.1) is 0 Å². The molecule has 0 unspecified atom stereocenters. The number of alkyl halides is 3. The lowest BCUT2D eigenvalue weighted by Crippen LogP contribution is -2.08. The molecule has 0 aliphatic rings. The van der Waals surface area contributed by atoms with Crippen LogP contribution in [-0.2, 0) is 6.18 Å². The normalized spacial score (nSPS) is 11.7. The third-order valence-corrected chi connectivity index (χ3v) is 1.45. The van der Waals surface area contributed by atoms with Crippen molar-refractivity contribution in [3.8, 4) is 5.95 Å². The summed E-state index contributed by atoms with van der Waals surface area (Å²) in [6.45, 7) is 1.14. The van der Waals surface area contributed by atoms with Crippen LogP contribution in [0, 0.1) is 5.41 Å². The summed E-state index contributed by atoms with van der Waals surface area (Å²) in [5, 5.41) is 15.9. The van der Waals surface area contributed by atoms with E-state index in [-0.39, 0.29) is 0 Å². The number of hydrogen-bond donors (Lipinski definition) is 2. The zero-order chi connectivity index (χ0) is 10.2. The Bertz CT molecular complexity index is 340. The molecule has 72 valence electrons. The van der Waals surface area contributed by atoms with E-state index in [1.807, 2.05) is 0 Å². The van der Waals surface area contributed by atoms with Crippen molar-refractivity contribution in [2.45, 2.75) is 13.1 Å². The van der Waals surface area contributed by atoms with Crippen molar-refractivity contribution in [1.82, 2.24) is 0 Å². The van der Waals surface area contributed by atoms with Gasteiger partial charge in [0.2, 0.25) is 0 Å². The number of hydrogen-bond acceptors (Lipinski definition) is 3. The Morgan fingerprint density at radius 2 is 2.08 bits per heavy atom. The predicted octanol–water partition coefficient (Wildman–Crippen LogP) is 2.39. The van der Waals surface area contributed by atoms with Gasteiger partial charge in [0.25, 0.3) is 5.95 Å². The molecule has 0 atom stereocenters. The summed E-state index contributed by atoms with van der Waals surface area (Å²) < 4.78 is 40.6. The lowest BCUT2D eigenvalue weighted by Gasteiger charge is -2.04. The second-order valence-electron chi connectivity index (χ2n) is 2.45. The van der Waals surface area contributed by atoms with Crippen molar-refractivity contribution in [2.75, 3.05) is 0 Å². The maximum absolute atomic E-state index is 12.2. The van der Waals surface area contributed by atoms with Gasteiger partial charge in [-0.2, -0.15) is 13.2 Å². The van der Waals surface area contributed by atoms with Gasteiger partial charge in [-0.1, -0.05) is 0 Å². The van der Waals surface area contributed by atoms with E-state index in [2.05, 4.69) is 4.42 Å². The summed E-state index contributed by atoms with van der Waals surface area (Å²) in [4.78, 5) is 0. The molecule has 0 spiro atoms. The third kappa shape index (κ3) is 1.66. The molecule has 0 fully saturated rings. The first-order valence-electron chi connectivity index (χ1n) is 3.27. The van der Waals surface area contributed by atoms with Crippen LogP contribution in [0.1, 0.15) is 18.1 Å². The number of nitrogens with one attached hydrogen (secondary N) is 1. The largest absolute Gasteiger partial charge is 0.480 e. The Morgan fingerprint density at radius 3 is 2.38 bits per heavy atom. The van der Waals surface area contributed by atoms with E-state index in [1.54, 1.807) is 0 Å². The van der Waals surface area contributed by atoms with Crippen LogP contribution >= 0.6 is 0 Å². The van der Waals surface area contributed by atoms with Crippen LogP contribution in [0.2, 0.25) is 0 Å². The molecule has 0 bridgehead atoms. The molecule has 1 heterocycles. The minimum absolute atomic E-state index is 0.390. The van der Waals surface area contributed by atoms with Crippen LogP contribution in [-0.4, -0.2) is 10.8 Å². The monoisotopic (exact) mass is 193 g/mol. The zero-order valence-corrected chi connectivity index (χ0v) is 6.57. The first-order valence-corrected chi connectivity index (χ1v) is 3.27. The number of halogens is 3. The molecule has 0 saturated carbocycles. The molecule has 1 rings (SSSR count). The molecule has 13 heavy (non-hydrogen) atoms. The van der Waals surface area contributed by atoms with E-state index in [0.717, 1.165) is 6.92 Å². The highest BCUT2D eigenvalue weighted by molar-refractivity contribution is 5.99. The highest BCUT2D eigenvalue weighted by atomic mass is 19.4. The molecule has 0 aromatic carbocycles. The SMILES string of the molecule is CC(=N)c1c(C(F)(F)F)coc1O. The first-order chi connectivity index (χ1) is 5.84. The summed E-state index contributed by atoms with van der Waals surface area (Å²) in [6, 6.07) is 0. The molecule has 6 heteroatoms. The Kier molecular flexibility index (Phi) is 2.07. The second-order valence-corrected chi connectivity index (χ2v) is 2.45. The first kappa shape index (κ1) is 9.63. The third-order valence-electron chi connectivity index (χ3n) is 1.45. The number of rotatable bonds is 1. The van der Waals surface area contributed by atoms with Gasteiger partial charge in [-0.05, 0) is 6.92 Å². The van der Waals surface area contributed by atoms with E-state index < -0.39 is 29.0 Å². The van der Waals surface area contributed by atoms with Crippen molar-refractivity contribution in [1.29, 1.82) is 5.41 Å². The van der Waals surface area contributed by atoms with E-state index in [0.29, 0.717) is 6.26 Å². The minimum Gasteiger partial charge on any atom is -0.480 e. The molecule has 2 N–H and O–H groups in total. The van der Waals surface area contributed by atoms with Gasteiger partial charge < -0.3 is 14.9 Å². The molecule has 0 aliphatic carbocycles. The Labute approximate surface area is 71.3 Å². The number of aromatic hydroxyl groups is 1. The Morgan fingerprint density at radius 1 is 1.54 bits per heavy atom. The Balaban J connectivity index is 3.31. The molecular weight excluding hydrogens is 187 g/mol. The molecule has 0 amide bonds. The lowest BCUT2D eigenvalue weighted by atomic mass is 10.1. The average Bonchev–Trinajstić information content (AvgIpc) is 2.28. The van der Waals surface area contributed by atoms with Crippen LogP contribution in [0.25, 0.3) is 0 Å². The molecule has 0 radical (unpaired) electrons. The highest BCUT2D eigenvalue weighted by Crippen LogP contribution is 2.37.